The SMILES string of the molecule is COCCNS(=O)(=O)c1ccc(C)c(C(=O)N(C)Cc2cccc(Cl)c2)c1. The van der Waals surface area contributed by atoms with Gasteiger partial charge < -0.3 is 9.64 Å². The number of hydrogen-bond donors (Lipinski definition) is 1. The number of benzene rings is 2. The first-order valence-electron chi connectivity index (χ1n) is 8.34. The van der Waals surface area contributed by atoms with Gasteiger partial charge in [0.05, 0.1) is 11.5 Å². The molecule has 0 unspecified atom stereocenters. The molecule has 0 aliphatic carbocycles. The predicted octanol–water partition coefficient (Wildman–Crippen LogP) is 2.85. The summed E-state index contributed by atoms with van der Waals surface area (Å²) in [6, 6.07) is 11.8. The Morgan fingerprint density at radius 2 is 1.96 bits per heavy atom. The largest absolute Gasteiger partial charge is 0.383 e. The first kappa shape index (κ1) is 21.4. The lowest BCUT2D eigenvalue weighted by atomic mass is 10.1. The molecule has 0 aromatic heterocycles. The van der Waals surface area contributed by atoms with E-state index in [-0.39, 0.29) is 24.0 Å². The number of aryl methyl sites for hydroxylation is 1. The van der Waals surface area contributed by atoms with Crippen LogP contribution in [0.15, 0.2) is 47.4 Å². The van der Waals surface area contributed by atoms with Gasteiger partial charge in [0.1, 0.15) is 0 Å². The number of sulfonamides is 1. The predicted molar refractivity (Wildman–Crippen MR) is 105 cm³/mol. The molecule has 0 radical (unpaired) electrons. The molecule has 2 rings (SSSR count). The second kappa shape index (κ2) is 9.32. The van der Waals surface area contributed by atoms with Crippen molar-refractivity contribution in [1.82, 2.24) is 9.62 Å². The van der Waals surface area contributed by atoms with Gasteiger partial charge in [-0.25, -0.2) is 13.1 Å². The minimum atomic E-state index is -3.71. The molecule has 2 aromatic rings. The van der Waals surface area contributed by atoms with Crippen LogP contribution in [0, 0.1) is 6.92 Å². The van der Waals surface area contributed by atoms with E-state index in [0.29, 0.717) is 22.7 Å². The first-order valence-corrected chi connectivity index (χ1v) is 10.2. The van der Waals surface area contributed by atoms with Crippen molar-refractivity contribution in [3.8, 4) is 0 Å². The minimum absolute atomic E-state index is 0.0451. The van der Waals surface area contributed by atoms with Crippen molar-refractivity contribution in [2.75, 3.05) is 27.3 Å². The van der Waals surface area contributed by atoms with E-state index < -0.39 is 10.0 Å². The van der Waals surface area contributed by atoms with Crippen molar-refractivity contribution < 1.29 is 17.9 Å². The van der Waals surface area contributed by atoms with E-state index in [0.717, 1.165) is 5.56 Å². The number of carbonyl (C=O) groups excluding carboxylic acids is 1. The van der Waals surface area contributed by atoms with Gasteiger partial charge in [-0.05, 0) is 42.3 Å². The van der Waals surface area contributed by atoms with Crippen LogP contribution in [0.2, 0.25) is 5.02 Å². The highest BCUT2D eigenvalue weighted by Crippen LogP contribution is 2.19. The maximum Gasteiger partial charge on any atom is 0.254 e. The molecule has 27 heavy (non-hydrogen) atoms. The number of nitrogens with one attached hydrogen (secondary N) is 1. The second-order valence-corrected chi connectivity index (χ2v) is 8.36. The van der Waals surface area contributed by atoms with E-state index >= 15 is 0 Å². The van der Waals surface area contributed by atoms with Gasteiger partial charge in [-0.3, -0.25) is 4.79 Å². The van der Waals surface area contributed by atoms with E-state index in [2.05, 4.69) is 4.72 Å². The summed E-state index contributed by atoms with van der Waals surface area (Å²) in [5.74, 6) is -0.263. The van der Waals surface area contributed by atoms with Crippen LogP contribution in [0.5, 0.6) is 0 Å². The van der Waals surface area contributed by atoms with Gasteiger partial charge in [-0.15, -0.1) is 0 Å². The number of amides is 1. The molecule has 2 aromatic carbocycles. The summed E-state index contributed by atoms with van der Waals surface area (Å²) in [6.45, 7) is 2.56. The summed E-state index contributed by atoms with van der Waals surface area (Å²) in [5, 5.41) is 0.597. The summed E-state index contributed by atoms with van der Waals surface area (Å²) in [6.07, 6.45) is 0. The van der Waals surface area contributed by atoms with Crippen LogP contribution in [0.25, 0.3) is 0 Å². The van der Waals surface area contributed by atoms with E-state index in [4.69, 9.17) is 16.3 Å². The Morgan fingerprint density at radius 3 is 2.63 bits per heavy atom. The third-order valence-corrected chi connectivity index (χ3v) is 5.70. The van der Waals surface area contributed by atoms with Crippen LogP contribution in [0.4, 0.5) is 0 Å². The third-order valence-electron chi connectivity index (χ3n) is 4.00. The van der Waals surface area contributed by atoms with Gasteiger partial charge in [0, 0.05) is 37.8 Å². The van der Waals surface area contributed by atoms with Crippen molar-refractivity contribution in [3.63, 3.8) is 0 Å². The standard InChI is InChI=1S/C19H23ClN2O4S/c1-14-7-8-17(27(24,25)21-9-10-26-3)12-18(14)19(23)22(2)13-15-5-4-6-16(20)11-15/h4-8,11-12,21H,9-10,13H2,1-3H3. The molecule has 0 bridgehead atoms. The Kier molecular flexibility index (Phi) is 7.38. The zero-order valence-electron chi connectivity index (χ0n) is 15.5. The van der Waals surface area contributed by atoms with Crippen LogP contribution < -0.4 is 4.72 Å². The molecule has 0 atom stereocenters. The van der Waals surface area contributed by atoms with Crippen LogP contribution in [0.1, 0.15) is 21.5 Å². The van der Waals surface area contributed by atoms with Crippen LogP contribution in [-0.4, -0.2) is 46.5 Å². The van der Waals surface area contributed by atoms with Crippen LogP contribution in [-0.2, 0) is 21.3 Å². The average molecular weight is 411 g/mol. The van der Waals surface area contributed by atoms with E-state index in [1.54, 1.807) is 32.2 Å². The first-order chi connectivity index (χ1) is 12.7. The van der Waals surface area contributed by atoms with Crippen LogP contribution >= 0.6 is 11.6 Å². The fraction of sp³-hybridized carbons (Fsp3) is 0.316. The Bertz CT molecular complexity index is 916. The number of carbonyl (C=O) groups is 1. The number of halogens is 1. The minimum Gasteiger partial charge on any atom is -0.383 e. The molecule has 0 saturated heterocycles. The highest BCUT2D eigenvalue weighted by atomic mass is 35.5. The Balaban J connectivity index is 2.22. The second-order valence-electron chi connectivity index (χ2n) is 6.16. The van der Waals surface area contributed by atoms with Crippen molar-refractivity contribution in [2.24, 2.45) is 0 Å². The third kappa shape index (κ3) is 5.77. The Labute approximate surface area is 165 Å². The fourth-order valence-corrected chi connectivity index (χ4v) is 3.80. The smallest absolute Gasteiger partial charge is 0.254 e. The monoisotopic (exact) mass is 410 g/mol. The molecule has 0 fully saturated rings. The van der Waals surface area contributed by atoms with Crippen LogP contribution in [0.3, 0.4) is 0 Å². The maximum absolute atomic E-state index is 12.9. The number of methoxy groups -OCH3 is 1. The number of ether oxygens (including phenoxy) is 1. The van der Waals surface area contributed by atoms with E-state index in [1.807, 2.05) is 12.1 Å². The van der Waals surface area contributed by atoms with Gasteiger partial charge in [0.15, 0.2) is 0 Å². The highest BCUT2D eigenvalue weighted by Gasteiger charge is 2.20. The summed E-state index contributed by atoms with van der Waals surface area (Å²) in [5.41, 5.74) is 1.93. The molecule has 146 valence electrons. The van der Waals surface area contributed by atoms with Gasteiger partial charge in [0.2, 0.25) is 10.0 Å². The van der Waals surface area contributed by atoms with Gasteiger partial charge >= 0.3 is 0 Å². The van der Waals surface area contributed by atoms with Crippen molar-refractivity contribution in [3.05, 3.63) is 64.2 Å². The molecule has 1 amide bonds. The molecule has 0 heterocycles. The lowest BCUT2D eigenvalue weighted by Crippen LogP contribution is -2.29. The number of rotatable bonds is 8. The molecular formula is C19H23ClN2O4S. The molecule has 8 heteroatoms. The molecule has 0 saturated carbocycles. The maximum atomic E-state index is 12.9. The summed E-state index contributed by atoms with van der Waals surface area (Å²) < 4.78 is 32.1. The van der Waals surface area contributed by atoms with Gasteiger partial charge in [-0.2, -0.15) is 0 Å². The average Bonchev–Trinajstić information content (AvgIpc) is 2.61. The van der Waals surface area contributed by atoms with Crippen molar-refractivity contribution in [2.45, 2.75) is 18.4 Å². The number of hydrogen-bond acceptors (Lipinski definition) is 4. The fourth-order valence-electron chi connectivity index (χ4n) is 2.55. The highest BCUT2D eigenvalue weighted by molar-refractivity contribution is 7.89. The zero-order chi connectivity index (χ0) is 20.0. The molecule has 0 aliphatic rings. The topological polar surface area (TPSA) is 75.7 Å². The summed E-state index contributed by atoms with van der Waals surface area (Å²) >= 11 is 5.99. The Morgan fingerprint density at radius 1 is 1.22 bits per heavy atom. The quantitative estimate of drug-likeness (QED) is 0.679. The lowest BCUT2D eigenvalue weighted by Gasteiger charge is -2.19. The summed E-state index contributed by atoms with van der Waals surface area (Å²) in [4.78, 5) is 14.4. The lowest BCUT2D eigenvalue weighted by molar-refractivity contribution is 0.0784. The zero-order valence-corrected chi connectivity index (χ0v) is 17.1. The number of nitrogens with zero attached hydrogens (tertiary/aromatic N) is 1. The van der Waals surface area contributed by atoms with Crippen molar-refractivity contribution >= 4 is 27.5 Å². The van der Waals surface area contributed by atoms with E-state index in [9.17, 15) is 13.2 Å². The van der Waals surface area contributed by atoms with Gasteiger partial charge in [0.25, 0.3) is 5.91 Å². The van der Waals surface area contributed by atoms with E-state index in [1.165, 1.54) is 24.1 Å². The van der Waals surface area contributed by atoms with Gasteiger partial charge in [-0.1, -0.05) is 29.8 Å². The molecule has 6 nitrogen and oxygen atoms in total. The molecular weight excluding hydrogens is 388 g/mol. The molecule has 0 aliphatic heterocycles. The molecule has 0 spiro atoms. The normalized spacial score (nSPS) is 11.4. The Hall–Kier alpha value is -1.93. The van der Waals surface area contributed by atoms with Crippen molar-refractivity contribution in [1.29, 1.82) is 0 Å². The molecule has 1 N–H and O–H groups in total. The summed E-state index contributed by atoms with van der Waals surface area (Å²) in [7, 11) is -0.554.